The van der Waals surface area contributed by atoms with E-state index >= 15 is 0 Å². The van der Waals surface area contributed by atoms with Crippen molar-refractivity contribution >= 4 is 11.8 Å². The van der Waals surface area contributed by atoms with Crippen LogP contribution in [0.15, 0.2) is 24.3 Å². The van der Waals surface area contributed by atoms with E-state index in [-0.39, 0.29) is 17.7 Å². The summed E-state index contributed by atoms with van der Waals surface area (Å²) in [4.78, 5) is 27.7. The highest BCUT2D eigenvalue weighted by Crippen LogP contribution is 2.27. The third kappa shape index (κ3) is 4.26. The smallest absolute Gasteiger partial charge is 0.251 e. The Kier molecular flexibility index (Phi) is 5.97. The van der Waals surface area contributed by atoms with Crippen LogP contribution in [0.3, 0.4) is 0 Å². The monoisotopic (exact) mass is 357 g/mol. The number of amides is 2. The van der Waals surface area contributed by atoms with Crippen molar-refractivity contribution in [1.82, 2.24) is 15.5 Å². The van der Waals surface area contributed by atoms with Crippen LogP contribution in [0, 0.1) is 24.7 Å². The van der Waals surface area contributed by atoms with Crippen molar-refractivity contribution in [2.75, 3.05) is 26.2 Å². The summed E-state index contributed by atoms with van der Waals surface area (Å²) < 4.78 is 0. The van der Waals surface area contributed by atoms with Gasteiger partial charge in [-0.1, -0.05) is 31.5 Å². The highest BCUT2D eigenvalue weighted by Gasteiger charge is 2.34. The second kappa shape index (κ2) is 8.21. The van der Waals surface area contributed by atoms with E-state index in [0.29, 0.717) is 17.4 Å². The average molecular weight is 357 g/mol. The number of carbonyl (C=O) groups is 2. The van der Waals surface area contributed by atoms with Gasteiger partial charge in [0.1, 0.15) is 6.04 Å². The predicted molar refractivity (Wildman–Crippen MR) is 103 cm³/mol. The molecule has 3 atom stereocenters. The minimum absolute atomic E-state index is 0.0562. The van der Waals surface area contributed by atoms with E-state index in [1.165, 1.54) is 0 Å². The highest BCUT2D eigenvalue weighted by molar-refractivity contribution is 5.97. The fourth-order valence-corrected chi connectivity index (χ4v) is 4.16. The van der Waals surface area contributed by atoms with E-state index in [0.717, 1.165) is 44.6 Å². The molecule has 0 aromatic heterocycles. The van der Waals surface area contributed by atoms with Crippen molar-refractivity contribution in [3.63, 3.8) is 0 Å². The number of aryl methyl sites for hydroxylation is 1. The first-order valence-corrected chi connectivity index (χ1v) is 9.82. The van der Waals surface area contributed by atoms with Gasteiger partial charge in [0.25, 0.3) is 5.91 Å². The van der Waals surface area contributed by atoms with Gasteiger partial charge in [-0.15, -0.1) is 0 Å². The molecule has 2 saturated heterocycles. The van der Waals surface area contributed by atoms with Crippen molar-refractivity contribution in [3.8, 4) is 0 Å². The summed E-state index contributed by atoms with van der Waals surface area (Å²) in [5.41, 5.74) is 1.65. The van der Waals surface area contributed by atoms with Gasteiger partial charge in [-0.2, -0.15) is 0 Å². The van der Waals surface area contributed by atoms with Gasteiger partial charge in [0.05, 0.1) is 0 Å². The van der Waals surface area contributed by atoms with Gasteiger partial charge >= 0.3 is 0 Å². The lowest BCUT2D eigenvalue weighted by Crippen LogP contribution is -2.51. The maximum absolute atomic E-state index is 13.1. The standard InChI is InChI=1S/C21H31N3O2/c1-14(2)19(23-20(25)16-6-4-5-15(3)11-16)21(26)24-9-7-17-12-22-13-18(17)8-10-24/h4-6,11,14,17-19,22H,7-10,12-13H2,1-3H3,(H,23,25)/t17-,18+,19?. The number of carbonyl (C=O) groups excluding carboxylic acids is 2. The van der Waals surface area contributed by atoms with Gasteiger partial charge < -0.3 is 15.5 Å². The molecule has 1 unspecified atom stereocenters. The third-order valence-corrected chi connectivity index (χ3v) is 5.83. The van der Waals surface area contributed by atoms with Crippen LogP contribution in [0.1, 0.15) is 42.6 Å². The molecule has 2 fully saturated rings. The van der Waals surface area contributed by atoms with Crippen LogP contribution < -0.4 is 10.6 Å². The number of hydrogen-bond acceptors (Lipinski definition) is 3. The maximum atomic E-state index is 13.1. The number of hydrogen-bond donors (Lipinski definition) is 2. The van der Waals surface area contributed by atoms with Crippen molar-refractivity contribution in [3.05, 3.63) is 35.4 Å². The van der Waals surface area contributed by atoms with Crippen molar-refractivity contribution in [2.45, 2.75) is 39.7 Å². The number of likely N-dealkylation sites (tertiary alicyclic amines) is 1. The van der Waals surface area contributed by atoms with Crippen LogP contribution in [0.2, 0.25) is 0 Å². The molecule has 1 aromatic rings. The van der Waals surface area contributed by atoms with Gasteiger partial charge in [-0.05, 0) is 62.7 Å². The average Bonchev–Trinajstić information content (AvgIpc) is 2.97. The van der Waals surface area contributed by atoms with E-state index < -0.39 is 6.04 Å². The molecule has 0 bridgehead atoms. The van der Waals surface area contributed by atoms with Crippen LogP contribution in [-0.2, 0) is 4.79 Å². The van der Waals surface area contributed by atoms with E-state index in [2.05, 4.69) is 10.6 Å². The molecule has 0 aliphatic carbocycles. The molecule has 3 rings (SSSR count). The predicted octanol–water partition coefficient (Wildman–Crippen LogP) is 2.21. The van der Waals surface area contributed by atoms with Crippen molar-refractivity contribution in [1.29, 1.82) is 0 Å². The molecule has 2 aliphatic heterocycles. The Balaban J connectivity index is 1.67. The maximum Gasteiger partial charge on any atom is 0.251 e. The fourth-order valence-electron chi connectivity index (χ4n) is 4.16. The molecular weight excluding hydrogens is 326 g/mol. The summed E-state index contributed by atoms with van der Waals surface area (Å²) in [7, 11) is 0. The number of fused-ring (bicyclic) bond motifs is 1. The van der Waals surface area contributed by atoms with Crippen molar-refractivity contribution in [2.24, 2.45) is 17.8 Å². The summed E-state index contributed by atoms with van der Waals surface area (Å²) in [6, 6.07) is 7.02. The molecular formula is C21H31N3O2. The Bertz CT molecular complexity index is 644. The molecule has 0 radical (unpaired) electrons. The fraction of sp³-hybridized carbons (Fsp3) is 0.619. The van der Waals surface area contributed by atoms with E-state index in [9.17, 15) is 9.59 Å². The normalized spacial score (nSPS) is 24.1. The van der Waals surface area contributed by atoms with E-state index in [1.54, 1.807) is 6.07 Å². The molecule has 2 heterocycles. The minimum Gasteiger partial charge on any atom is -0.341 e. The number of nitrogens with one attached hydrogen (secondary N) is 2. The molecule has 26 heavy (non-hydrogen) atoms. The molecule has 2 N–H and O–H groups in total. The third-order valence-electron chi connectivity index (χ3n) is 5.83. The second-order valence-electron chi connectivity index (χ2n) is 8.15. The lowest BCUT2D eigenvalue weighted by atomic mass is 9.92. The van der Waals surface area contributed by atoms with Gasteiger partial charge in [0.15, 0.2) is 0 Å². The number of benzene rings is 1. The molecule has 0 spiro atoms. The second-order valence-corrected chi connectivity index (χ2v) is 8.15. The summed E-state index contributed by atoms with van der Waals surface area (Å²) in [5.74, 6) is 1.32. The first kappa shape index (κ1) is 18.9. The van der Waals surface area contributed by atoms with Crippen LogP contribution in [0.5, 0.6) is 0 Å². The Morgan fingerprint density at radius 1 is 1.15 bits per heavy atom. The Hall–Kier alpha value is -1.88. The van der Waals surface area contributed by atoms with Crippen LogP contribution in [-0.4, -0.2) is 48.9 Å². The molecule has 5 heteroatoms. The molecule has 1 aromatic carbocycles. The first-order chi connectivity index (χ1) is 12.5. The molecule has 0 saturated carbocycles. The summed E-state index contributed by atoms with van der Waals surface area (Å²) in [6.07, 6.45) is 2.11. The van der Waals surface area contributed by atoms with E-state index in [1.807, 2.05) is 43.9 Å². The zero-order valence-electron chi connectivity index (χ0n) is 16.1. The van der Waals surface area contributed by atoms with Crippen LogP contribution in [0.25, 0.3) is 0 Å². The Morgan fingerprint density at radius 3 is 2.38 bits per heavy atom. The zero-order chi connectivity index (χ0) is 18.7. The largest absolute Gasteiger partial charge is 0.341 e. The highest BCUT2D eigenvalue weighted by atomic mass is 16.2. The van der Waals surface area contributed by atoms with E-state index in [4.69, 9.17) is 0 Å². The van der Waals surface area contributed by atoms with Gasteiger partial charge in [0, 0.05) is 18.7 Å². The SMILES string of the molecule is Cc1cccc(C(=O)NC(C(=O)N2CC[C@@H]3CNC[C@@H]3CC2)C(C)C)c1. The quantitative estimate of drug-likeness (QED) is 0.868. The van der Waals surface area contributed by atoms with Crippen molar-refractivity contribution < 1.29 is 9.59 Å². The number of rotatable bonds is 4. The lowest BCUT2D eigenvalue weighted by Gasteiger charge is -2.29. The Morgan fingerprint density at radius 2 is 1.81 bits per heavy atom. The van der Waals surface area contributed by atoms with Gasteiger partial charge in [0.2, 0.25) is 5.91 Å². The number of nitrogens with zero attached hydrogens (tertiary/aromatic N) is 1. The molecule has 142 valence electrons. The molecule has 2 aliphatic rings. The molecule has 2 amide bonds. The summed E-state index contributed by atoms with van der Waals surface area (Å²) in [5, 5.41) is 6.45. The zero-order valence-corrected chi connectivity index (χ0v) is 16.1. The van der Waals surface area contributed by atoms with Crippen LogP contribution >= 0.6 is 0 Å². The lowest BCUT2D eigenvalue weighted by molar-refractivity contribution is -0.134. The molecule has 5 nitrogen and oxygen atoms in total. The van der Waals surface area contributed by atoms with Gasteiger partial charge in [-0.3, -0.25) is 9.59 Å². The summed E-state index contributed by atoms with van der Waals surface area (Å²) >= 11 is 0. The first-order valence-electron chi connectivity index (χ1n) is 9.82. The van der Waals surface area contributed by atoms with Crippen LogP contribution in [0.4, 0.5) is 0 Å². The summed E-state index contributed by atoms with van der Waals surface area (Å²) in [6.45, 7) is 9.70. The topological polar surface area (TPSA) is 61.4 Å². The Labute approximate surface area is 156 Å². The minimum atomic E-state index is -0.473. The van der Waals surface area contributed by atoms with Gasteiger partial charge in [-0.25, -0.2) is 0 Å².